The highest BCUT2D eigenvalue weighted by Crippen LogP contribution is 2.20. The predicted octanol–water partition coefficient (Wildman–Crippen LogP) is 2.53. The van der Waals surface area contributed by atoms with E-state index < -0.39 is 0 Å². The molecule has 1 aromatic rings. The second-order valence-electron chi connectivity index (χ2n) is 4.10. The van der Waals surface area contributed by atoms with Crippen molar-refractivity contribution in [2.75, 3.05) is 5.32 Å². The van der Waals surface area contributed by atoms with Crippen molar-refractivity contribution in [3.8, 4) is 0 Å². The second-order valence-corrected chi connectivity index (χ2v) is 4.91. The average molecular weight is 270 g/mol. The summed E-state index contributed by atoms with van der Waals surface area (Å²) in [7, 11) is 0. The van der Waals surface area contributed by atoms with E-state index in [-0.39, 0.29) is 0 Å². The maximum Gasteiger partial charge on any atom is 0.127 e. The predicted molar refractivity (Wildman–Crippen MR) is 65.8 cm³/mol. The summed E-state index contributed by atoms with van der Waals surface area (Å²) in [5.41, 5.74) is 5.86. The van der Waals surface area contributed by atoms with Crippen LogP contribution >= 0.6 is 15.9 Å². The number of rotatable bonds is 2. The van der Waals surface area contributed by atoms with Crippen LogP contribution in [-0.2, 0) is 0 Å². The van der Waals surface area contributed by atoms with Crippen molar-refractivity contribution in [1.82, 2.24) is 4.98 Å². The van der Waals surface area contributed by atoms with Crippen LogP contribution in [0.2, 0.25) is 0 Å². The largest absolute Gasteiger partial charge is 0.367 e. The van der Waals surface area contributed by atoms with Gasteiger partial charge in [-0.25, -0.2) is 4.98 Å². The molecule has 1 aromatic heterocycles. The molecule has 0 amide bonds. The van der Waals surface area contributed by atoms with Crippen LogP contribution in [0, 0.1) is 0 Å². The van der Waals surface area contributed by atoms with Crippen molar-refractivity contribution in [2.45, 2.75) is 37.8 Å². The van der Waals surface area contributed by atoms with E-state index in [0.29, 0.717) is 12.1 Å². The Bertz CT molecular complexity index is 321. The Kier molecular flexibility index (Phi) is 3.59. The first-order valence-electron chi connectivity index (χ1n) is 5.39. The van der Waals surface area contributed by atoms with E-state index in [4.69, 9.17) is 5.73 Å². The van der Waals surface area contributed by atoms with Gasteiger partial charge in [-0.05, 0) is 53.7 Å². The van der Waals surface area contributed by atoms with E-state index in [1.54, 1.807) is 0 Å². The second kappa shape index (κ2) is 4.94. The van der Waals surface area contributed by atoms with E-state index in [1.165, 1.54) is 0 Å². The van der Waals surface area contributed by atoms with Crippen molar-refractivity contribution in [3.63, 3.8) is 0 Å². The highest BCUT2D eigenvalue weighted by molar-refractivity contribution is 9.10. The lowest BCUT2D eigenvalue weighted by Crippen LogP contribution is -2.32. The number of hydrogen-bond donors (Lipinski definition) is 2. The Morgan fingerprint density at radius 1 is 1.27 bits per heavy atom. The van der Waals surface area contributed by atoms with Crippen molar-refractivity contribution in [2.24, 2.45) is 5.73 Å². The molecule has 82 valence electrons. The fourth-order valence-corrected chi connectivity index (χ4v) is 2.30. The maximum atomic E-state index is 5.86. The van der Waals surface area contributed by atoms with Gasteiger partial charge in [0, 0.05) is 12.1 Å². The number of hydrogen-bond acceptors (Lipinski definition) is 3. The minimum absolute atomic E-state index is 0.401. The molecule has 0 aliphatic heterocycles. The number of aromatic nitrogens is 1. The SMILES string of the molecule is NC1CCC(Nc2cccc(Br)n2)CC1. The third kappa shape index (κ3) is 3.18. The van der Waals surface area contributed by atoms with Gasteiger partial charge in [0.05, 0.1) is 0 Å². The minimum Gasteiger partial charge on any atom is -0.367 e. The molecule has 3 N–H and O–H groups in total. The summed E-state index contributed by atoms with van der Waals surface area (Å²) < 4.78 is 0.875. The number of nitrogens with one attached hydrogen (secondary N) is 1. The first kappa shape index (κ1) is 10.9. The molecule has 2 rings (SSSR count). The Morgan fingerprint density at radius 3 is 2.67 bits per heavy atom. The summed E-state index contributed by atoms with van der Waals surface area (Å²) in [5.74, 6) is 0.949. The molecular weight excluding hydrogens is 254 g/mol. The zero-order valence-electron chi connectivity index (χ0n) is 8.62. The molecule has 1 saturated carbocycles. The van der Waals surface area contributed by atoms with Gasteiger partial charge in [0.1, 0.15) is 10.4 Å². The number of pyridine rings is 1. The van der Waals surface area contributed by atoms with E-state index in [9.17, 15) is 0 Å². The molecule has 0 saturated heterocycles. The van der Waals surface area contributed by atoms with Crippen molar-refractivity contribution in [1.29, 1.82) is 0 Å². The summed E-state index contributed by atoms with van der Waals surface area (Å²) >= 11 is 3.37. The molecule has 4 heteroatoms. The van der Waals surface area contributed by atoms with Crippen LogP contribution in [0.1, 0.15) is 25.7 Å². The first-order valence-corrected chi connectivity index (χ1v) is 6.18. The monoisotopic (exact) mass is 269 g/mol. The van der Waals surface area contributed by atoms with Gasteiger partial charge < -0.3 is 11.1 Å². The molecule has 1 aliphatic carbocycles. The molecular formula is C11H16BrN3. The van der Waals surface area contributed by atoms with Gasteiger partial charge in [0.25, 0.3) is 0 Å². The van der Waals surface area contributed by atoms with Crippen LogP contribution in [0.4, 0.5) is 5.82 Å². The summed E-state index contributed by atoms with van der Waals surface area (Å²) in [6.07, 6.45) is 4.53. The number of halogens is 1. The molecule has 1 fully saturated rings. The molecule has 0 atom stereocenters. The topological polar surface area (TPSA) is 50.9 Å². The summed E-state index contributed by atoms with van der Waals surface area (Å²) in [6.45, 7) is 0. The molecule has 3 nitrogen and oxygen atoms in total. The quantitative estimate of drug-likeness (QED) is 0.812. The van der Waals surface area contributed by atoms with E-state index in [1.807, 2.05) is 18.2 Å². The van der Waals surface area contributed by atoms with Gasteiger partial charge in [0.2, 0.25) is 0 Å². The smallest absolute Gasteiger partial charge is 0.127 e. The third-order valence-corrected chi connectivity index (χ3v) is 3.28. The Labute approximate surface area is 98.6 Å². The van der Waals surface area contributed by atoms with Crippen LogP contribution < -0.4 is 11.1 Å². The number of anilines is 1. The number of nitrogens with zero attached hydrogens (tertiary/aromatic N) is 1. The van der Waals surface area contributed by atoms with E-state index >= 15 is 0 Å². The van der Waals surface area contributed by atoms with Crippen LogP contribution in [-0.4, -0.2) is 17.1 Å². The van der Waals surface area contributed by atoms with Gasteiger partial charge in [-0.15, -0.1) is 0 Å². The fraction of sp³-hybridized carbons (Fsp3) is 0.545. The summed E-state index contributed by atoms with van der Waals surface area (Å²) in [5, 5.41) is 3.45. The lowest BCUT2D eigenvalue weighted by molar-refractivity contribution is 0.410. The molecule has 0 spiro atoms. The Morgan fingerprint density at radius 2 is 2.00 bits per heavy atom. The van der Waals surface area contributed by atoms with Crippen LogP contribution in [0.3, 0.4) is 0 Å². The standard InChI is InChI=1S/C11H16BrN3/c12-10-2-1-3-11(15-10)14-9-6-4-8(13)5-7-9/h1-3,8-9H,4-7,13H2,(H,14,15). The zero-order chi connectivity index (χ0) is 10.7. The molecule has 0 aromatic carbocycles. The fourth-order valence-electron chi connectivity index (χ4n) is 1.96. The summed E-state index contributed by atoms with van der Waals surface area (Å²) in [6, 6.07) is 6.86. The van der Waals surface area contributed by atoms with Gasteiger partial charge in [-0.2, -0.15) is 0 Å². The van der Waals surface area contributed by atoms with Crippen molar-refractivity contribution < 1.29 is 0 Å². The van der Waals surface area contributed by atoms with Gasteiger partial charge in [0.15, 0.2) is 0 Å². The zero-order valence-corrected chi connectivity index (χ0v) is 10.2. The van der Waals surface area contributed by atoms with Crippen molar-refractivity contribution in [3.05, 3.63) is 22.8 Å². The lowest BCUT2D eigenvalue weighted by Gasteiger charge is -2.27. The number of nitrogens with two attached hydrogens (primary N) is 1. The van der Waals surface area contributed by atoms with E-state index in [0.717, 1.165) is 36.1 Å². The highest BCUT2D eigenvalue weighted by Gasteiger charge is 2.18. The van der Waals surface area contributed by atoms with Gasteiger partial charge >= 0.3 is 0 Å². The first-order chi connectivity index (χ1) is 7.24. The average Bonchev–Trinajstić information content (AvgIpc) is 2.22. The molecule has 0 bridgehead atoms. The Hall–Kier alpha value is -0.610. The normalized spacial score (nSPS) is 26.3. The molecule has 1 heterocycles. The van der Waals surface area contributed by atoms with Crippen LogP contribution in [0.15, 0.2) is 22.8 Å². The van der Waals surface area contributed by atoms with Crippen molar-refractivity contribution >= 4 is 21.7 Å². The van der Waals surface area contributed by atoms with Crippen LogP contribution in [0.5, 0.6) is 0 Å². The molecule has 0 unspecified atom stereocenters. The van der Waals surface area contributed by atoms with Gasteiger partial charge in [-0.1, -0.05) is 6.07 Å². The lowest BCUT2D eigenvalue weighted by atomic mass is 9.92. The van der Waals surface area contributed by atoms with E-state index in [2.05, 4.69) is 26.2 Å². The molecule has 15 heavy (non-hydrogen) atoms. The van der Waals surface area contributed by atoms with Gasteiger partial charge in [-0.3, -0.25) is 0 Å². The van der Waals surface area contributed by atoms with Crippen LogP contribution in [0.25, 0.3) is 0 Å². The third-order valence-electron chi connectivity index (χ3n) is 2.84. The molecule has 0 radical (unpaired) electrons. The maximum absolute atomic E-state index is 5.86. The minimum atomic E-state index is 0.401. The highest BCUT2D eigenvalue weighted by atomic mass is 79.9. The summed E-state index contributed by atoms with van der Waals surface area (Å²) in [4.78, 5) is 4.36. The Balaban J connectivity index is 1.92. The molecule has 1 aliphatic rings.